The Morgan fingerprint density at radius 3 is 2.67 bits per heavy atom. The molecule has 1 atom stereocenters. The number of nitrogens with one attached hydrogen (secondary N) is 1. The summed E-state index contributed by atoms with van der Waals surface area (Å²) in [5.74, 6) is -0.240. The van der Waals surface area contributed by atoms with Crippen molar-refractivity contribution in [2.24, 2.45) is 0 Å². The van der Waals surface area contributed by atoms with Crippen LogP contribution in [0.15, 0.2) is 52.9 Å². The third kappa shape index (κ3) is 4.00. The van der Waals surface area contributed by atoms with Gasteiger partial charge in [-0.2, -0.15) is 0 Å². The van der Waals surface area contributed by atoms with Crippen molar-refractivity contribution in [1.82, 2.24) is 9.55 Å². The fraction of sp³-hybridized carbons (Fsp3) is 0.296. The number of aromatic nitrogens is 2. The van der Waals surface area contributed by atoms with Gasteiger partial charge in [-0.1, -0.05) is 35.9 Å². The number of benzene rings is 2. The summed E-state index contributed by atoms with van der Waals surface area (Å²) < 4.78 is 1.44. The maximum absolute atomic E-state index is 13.5. The molecular weight excluding hydrogens is 430 g/mol. The molecule has 5 rings (SSSR count). The van der Waals surface area contributed by atoms with Crippen LogP contribution in [0.2, 0.25) is 0 Å². The fourth-order valence-electron chi connectivity index (χ4n) is 4.65. The van der Waals surface area contributed by atoms with Crippen LogP contribution in [0.1, 0.15) is 48.1 Å². The summed E-state index contributed by atoms with van der Waals surface area (Å²) in [6, 6.07) is 11.7. The molecule has 1 aliphatic rings. The van der Waals surface area contributed by atoms with Gasteiger partial charge in [-0.05, 0) is 74.8 Å². The predicted octanol–water partition coefficient (Wildman–Crippen LogP) is 5.82. The lowest BCUT2D eigenvalue weighted by Gasteiger charge is -2.17. The maximum Gasteiger partial charge on any atom is 0.263 e. The smallest absolute Gasteiger partial charge is 0.263 e. The van der Waals surface area contributed by atoms with Crippen molar-refractivity contribution in [3.8, 4) is 11.1 Å². The topological polar surface area (TPSA) is 64.0 Å². The third-order valence-electron chi connectivity index (χ3n) is 6.62. The fourth-order valence-corrected chi connectivity index (χ4v) is 5.56. The minimum absolute atomic E-state index is 0.183. The van der Waals surface area contributed by atoms with Gasteiger partial charge in [0, 0.05) is 16.6 Å². The van der Waals surface area contributed by atoms with E-state index in [0.717, 1.165) is 40.8 Å². The number of fused-ring (bicyclic) bond motifs is 2. The molecule has 4 aromatic rings. The first-order chi connectivity index (χ1) is 15.9. The molecule has 0 saturated carbocycles. The molecule has 168 valence electrons. The molecule has 0 saturated heterocycles. The van der Waals surface area contributed by atoms with E-state index in [1.807, 2.05) is 37.4 Å². The number of nitrogens with zero attached hydrogens (tertiary/aromatic N) is 2. The number of anilines is 1. The summed E-state index contributed by atoms with van der Waals surface area (Å²) in [6.45, 7) is 5.71. The zero-order valence-electron chi connectivity index (χ0n) is 19.1. The molecule has 1 amide bonds. The Morgan fingerprint density at radius 1 is 1.09 bits per heavy atom. The van der Waals surface area contributed by atoms with Crippen LogP contribution >= 0.6 is 11.3 Å². The van der Waals surface area contributed by atoms with Crippen LogP contribution in [-0.2, 0) is 17.6 Å². The van der Waals surface area contributed by atoms with Crippen LogP contribution in [0.3, 0.4) is 0 Å². The average molecular weight is 458 g/mol. The van der Waals surface area contributed by atoms with Gasteiger partial charge < -0.3 is 5.32 Å². The summed E-state index contributed by atoms with van der Waals surface area (Å²) in [7, 11) is 0. The van der Waals surface area contributed by atoms with Crippen molar-refractivity contribution >= 4 is 33.1 Å². The molecule has 0 aliphatic heterocycles. The SMILES string of the molecule is Cc1ccc(NC(=O)C(C)n2cnc3scc(-c4ccc5c(c4)CCCC5)c3c2=O)c(C)c1. The molecule has 6 heteroatoms. The van der Waals surface area contributed by atoms with Crippen LogP contribution in [0.5, 0.6) is 0 Å². The van der Waals surface area contributed by atoms with E-state index < -0.39 is 6.04 Å². The molecule has 1 unspecified atom stereocenters. The molecular formula is C27H27N3O2S. The Morgan fingerprint density at radius 2 is 1.88 bits per heavy atom. The number of amides is 1. The summed E-state index contributed by atoms with van der Waals surface area (Å²) in [4.78, 5) is 31.7. The van der Waals surface area contributed by atoms with Gasteiger partial charge in [0.1, 0.15) is 10.9 Å². The Hall–Kier alpha value is -3.25. The largest absolute Gasteiger partial charge is 0.324 e. The number of carbonyl (C=O) groups excluding carboxylic acids is 1. The molecule has 2 heterocycles. The molecule has 1 aliphatic carbocycles. The summed E-state index contributed by atoms with van der Waals surface area (Å²) >= 11 is 1.47. The van der Waals surface area contributed by atoms with Gasteiger partial charge in [-0.25, -0.2) is 4.98 Å². The number of carbonyl (C=O) groups is 1. The Bertz CT molecular complexity index is 1430. The molecule has 2 aromatic carbocycles. The molecule has 2 aromatic heterocycles. The lowest BCUT2D eigenvalue weighted by Crippen LogP contribution is -2.31. The van der Waals surface area contributed by atoms with Crippen molar-refractivity contribution in [3.63, 3.8) is 0 Å². The third-order valence-corrected chi connectivity index (χ3v) is 7.50. The van der Waals surface area contributed by atoms with E-state index in [2.05, 4.69) is 28.5 Å². The van der Waals surface area contributed by atoms with E-state index in [0.29, 0.717) is 10.2 Å². The molecule has 5 nitrogen and oxygen atoms in total. The van der Waals surface area contributed by atoms with Gasteiger partial charge in [-0.3, -0.25) is 14.2 Å². The highest BCUT2D eigenvalue weighted by Crippen LogP contribution is 2.33. The van der Waals surface area contributed by atoms with E-state index in [9.17, 15) is 9.59 Å². The highest BCUT2D eigenvalue weighted by molar-refractivity contribution is 7.17. The standard InChI is InChI=1S/C27H27N3O2S/c1-16-8-11-23(17(2)12-16)29-25(31)18(3)30-15-28-26-24(27(30)32)22(14-33-26)21-10-9-19-6-4-5-7-20(19)13-21/h8-15,18H,4-7H2,1-3H3,(H,29,31). The second-order valence-electron chi connectivity index (χ2n) is 8.96. The zero-order chi connectivity index (χ0) is 23.1. The van der Waals surface area contributed by atoms with Crippen LogP contribution in [0, 0.1) is 13.8 Å². The normalized spacial score (nSPS) is 14.2. The number of aryl methyl sites for hydroxylation is 4. The molecule has 1 N–H and O–H groups in total. The lowest BCUT2D eigenvalue weighted by atomic mass is 9.89. The zero-order valence-corrected chi connectivity index (χ0v) is 20.0. The second kappa shape index (κ2) is 8.60. The lowest BCUT2D eigenvalue weighted by molar-refractivity contribution is -0.118. The minimum Gasteiger partial charge on any atom is -0.324 e. The summed E-state index contributed by atoms with van der Waals surface area (Å²) in [5, 5.41) is 5.56. The van der Waals surface area contributed by atoms with Gasteiger partial charge in [0.15, 0.2) is 0 Å². The van der Waals surface area contributed by atoms with Crippen molar-refractivity contribution in [2.75, 3.05) is 5.32 Å². The first-order valence-electron chi connectivity index (χ1n) is 11.4. The van der Waals surface area contributed by atoms with Gasteiger partial charge >= 0.3 is 0 Å². The summed E-state index contributed by atoms with van der Waals surface area (Å²) in [5.41, 5.74) is 7.44. The van der Waals surface area contributed by atoms with Crippen LogP contribution < -0.4 is 10.9 Å². The average Bonchev–Trinajstić information content (AvgIpc) is 3.25. The maximum atomic E-state index is 13.5. The van der Waals surface area contributed by atoms with E-state index in [1.54, 1.807) is 6.92 Å². The molecule has 0 spiro atoms. The molecule has 0 radical (unpaired) electrons. The highest BCUT2D eigenvalue weighted by atomic mass is 32.1. The number of rotatable bonds is 4. The van der Waals surface area contributed by atoms with Gasteiger partial charge in [0.2, 0.25) is 5.91 Å². The van der Waals surface area contributed by atoms with Crippen LogP contribution in [0.4, 0.5) is 5.69 Å². The van der Waals surface area contributed by atoms with E-state index in [1.165, 1.54) is 46.2 Å². The van der Waals surface area contributed by atoms with Crippen molar-refractivity contribution < 1.29 is 4.79 Å². The van der Waals surface area contributed by atoms with Crippen LogP contribution in [-0.4, -0.2) is 15.5 Å². The van der Waals surface area contributed by atoms with E-state index in [-0.39, 0.29) is 11.5 Å². The monoisotopic (exact) mass is 457 g/mol. The minimum atomic E-state index is -0.689. The Balaban J connectivity index is 1.50. The quantitative estimate of drug-likeness (QED) is 0.420. The number of thiophene rings is 1. The molecule has 0 fully saturated rings. The molecule has 0 bridgehead atoms. The van der Waals surface area contributed by atoms with Crippen LogP contribution in [0.25, 0.3) is 21.3 Å². The molecule has 33 heavy (non-hydrogen) atoms. The summed E-state index contributed by atoms with van der Waals surface area (Å²) in [6.07, 6.45) is 6.15. The first-order valence-corrected chi connectivity index (χ1v) is 12.3. The van der Waals surface area contributed by atoms with Crippen molar-refractivity contribution in [1.29, 1.82) is 0 Å². The van der Waals surface area contributed by atoms with E-state index in [4.69, 9.17) is 0 Å². The van der Waals surface area contributed by atoms with Gasteiger partial charge in [-0.15, -0.1) is 11.3 Å². The van der Waals surface area contributed by atoms with Gasteiger partial charge in [0.25, 0.3) is 5.56 Å². The van der Waals surface area contributed by atoms with Gasteiger partial charge in [0.05, 0.1) is 11.7 Å². The first kappa shape index (κ1) is 21.6. The van der Waals surface area contributed by atoms with Crippen molar-refractivity contribution in [3.05, 3.63) is 80.7 Å². The highest BCUT2D eigenvalue weighted by Gasteiger charge is 2.21. The van der Waals surface area contributed by atoms with Crippen molar-refractivity contribution in [2.45, 2.75) is 52.5 Å². The number of hydrogen-bond acceptors (Lipinski definition) is 4. The predicted molar refractivity (Wildman–Crippen MR) is 135 cm³/mol. The van der Waals surface area contributed by atoms with E-state index >= 15 is 0 Å². The Kier molecular flexibility index (Phi) is 5.62. The number of hydrogen-bond donors (Lipinski definition) is 1. The second-order valence-corrected chi connectivity index (χ2v) is 9.82. The Labute approximate surface area is 197 Å².